The molecule has 110 valence electrons. The third kappa shape index (κ3) is 2.35. The standard InChI is InChI=1S/C13H19N3O4/c1-12(2,3)20-11(19)16-6-7-8(13(16,4)5)14-10(18)15-9(7)17/h6H2,1-5H3,(H2,14,15,17,18). The maximum Gasteiger partial charge on any atom is 0.411 e. The Balaban J connectivity index is 2.43. The zero-order valence-electron chi connectivity index (χ0n) is 12.3. The SMILES string of the molecule is CC(C)(C)OC(=O)N1Cc2c([nH]c(=O)[nH]c2=O)C1(C)C. The quantitative estimate of drug-likeness (QED) is 0.743. The molecule has 7 nitrogen and oxygen atoms in total. The van der Waals surface area contributed by atoms with Crippen LogP contribution >= 0.6 is 0 Å². The van der Waals surface area contributed by atoms with E-state index in [1.807, 2.05) is 0 Å². The average molecular weight is 281 g/mol. The first-order valence-corrected chi connectivity index (χ1v) is 6.39. The van der Waals surface area contributed by atoms with Gasteiger partial charge in [0.1, 0.15) is 5.60 Å². The van der Waals surface area contributed by atoms with Gasteiger partial charge in [0.2, 0.25) is 0 Å². The number of aromatic nitrogens is 2. The van der Waals surface area contributed by atoms with E-state index in [1.165, 1.54) is 4.90 Å². The fraction of sp³-hybridized carbons (Fsp3) is 0.615. The van der Waals surface area contributed by atoms with Gasteiger partial charge in [0, 0.05) is 0 Å². The third-order valence-electron chi connectivity index (χ3n) is 3.26. The van der Waals surface area contributed by atoms with Crippen molar-refractivity contribution < 1.29 is 9.53 Å². The number of nitrogens with one attached hydrogen (secondary N) is 2. The van der Waals surface area contributed by atoms with Crippen molar-refractivity contribution in [3.63, 3.8) is 0 Å². The summed E-state index contributed by atoms with van der Waals surface area (Å²) in [4.78, 5) is 41.7. The Hall–Kier alpha value is -2.05. The van der Waals surface area contributed by atoms with Crippen LogP contribution in [0.25, 0.3) is 0 Å². The first-order chi connectivity index (χ1) is 9.02. The highest BCUT2D eigenvalue weighted by Crippen LogP contribution is 2.36. The average Bonchev–Trinajstić information content (AvgIpc) is 2.49. The van der Waals surface area contributed by atoms with E-state index < -0.39 is 28.5 Å². The van der Waals surface area contributed by atoms with Crippen LogP contribution in [0.15, 0.2) is 9.59 Å². The molecule has 0 saturated heterocycles. The number of carbonyl (C=O) groups is 1. The summed E-state index contributed by atoms with van der Waals surface area (Å²) in [6.45, 7) is 8.96. The first-order valence-electron chi connectivity index (χ1n) is 6.39. The number of rotatable bonds is 0. The third-order valence-corrected chi connectivity index (χ3v) is 3.26. The minimum Gasteiger partial charge on any atom is -0.444 e. The van der Waals surface area contributed by atoms with Crippen molar-refractivity contribution in [1.82, 2.24) is 14.9 Å². The summed E-state index contributed by atoms with van der Waals surface area (Å²) in [6, 6.07) is 0. The number of H-pyrrole nitrogens is 2. The molecule has 1 amide bonds. The Kier molecular flexibility index (Phi) is 3.03. The summed E-state index contributed by atoms with van der Waals surface area (Å²) < 4.78 is 5.34. The summed E-state index contributed by atoms with van der Waals surface area (Å²) >= 11 is 0. The van der Waals surface area contributed by atoms with Crippen LogP contribution in [-0.4, -0.2) is 26.6 Å². The highest BCUT2D eigenvalue weighted by atomic mass is 16.6. The lowest BCUT2D eigenvalue weighted by Gasteiger charge is -2.33. The number of fused-ring (bicyclic) bond motifs is 1. The second kappa shape index (κ2) is 4.22. The van der Waals surface area contributed by atoms with Gasteiger partial charge < -0.3 is 9.72 Å². The molecule has 0 radical (unpaired) electrons. The molecule has 0 aromatic carbocycles. The maximum atomic E-state index is 12.2. The van der Waals surface area contributed by atoms with E-state index in [9.17, 15) is 14.4 Å². The normalized spacial score (nSPS) is 16.9. The smallest absolute Gasteiger partial charge is 0.411 e. The highest BCUT2D eigenvalue weighted by Gasteiger charge is 2.44. The van der Waals surface area contributed by atoms with Gasteiger partial charge in [-0.15, -0.1) is 0 Å². The van der Waals surface area contributed by atoms with Crippen LogP contribution < -0.4 is 11.2 Å². The predicted octanol–water partition coefficient (Wildman–Crippen LogP) is 1.05. The van der Waals surface area contributed by atoms with Gasteiger partial charge in [0.15, 0.2) is 0 Å². The van der Waals surface area contributed by atoms with Crippen molar-refractivity contribution in [3.05, 3.63) is 32.1 Å². The lowest BCUT2D eigenvalue weighted by molar-refractivity contribution is 0.00468. The fourth-order valence-corrected chi connectivity index (χ4v) is 2.29. The molecule has 7 heteroatoms. The lowest BCUT2D eigenvalue weighted by atomic mass is 10.0. The Bertz CT molecular complexity index is 663. The molecule has 1 aliphatic rings. The van der Waals surface area contributed by atoms with E-state index in [0.717, 1.165) is 0 Å². The monoisotopic (exact) mass is 281 g/mol. The van der Waals surface area contributed by atoms with Gasteiger partial charge >= 0.3 is 11.8 Å². The van der Waals surface area contributed by atoms with Crippen molar-refractivity contribution in [2.75, 3.05) is 0 Å². The number of ether oxygens (including phenoxy) is 1. The van der Waals surface area contributed by atoms with E-state index in [4.69, 9.17) is 4.74 Å². The van der Waals surface area contributed by atoms with Crippen LogP contribution in [0.5, 0.6) is 0 Å². The molecule has 2 rings (SSSR count). The molecule has 0 bridgehead atoms. The molecular weight excluding hydrogens is 262 g/mol. The molecule has 0 spiro atoms. The van der Waals surface area contributed by atoms with Crippen LogP contribution in [0.4, 0.5) is 4.79 Å². The van der Waals surface area contributed by atoms with Crippen molar-refractivity contribution in [2.45, 2.75) is 52.3 Å². The van der Waals surface area contributed by atoms with E-state index in [-0.39, 0.29) is 6.54 Å². The van der Waals surface area contributed by atoms with Gasteiger partial charge in [-0.05, 0) is 34.6 Å². The topological polar surface area (TPSA) is 95.3 Å². The molecule has 1 aliphatic heterocycles. The van der Waals surface area contributed by atoms with Crippen molar-refractivity contribution in [1.29, 1.82) is 0 Å². The molecule has 2 heterocycles. The van der Waals surface area contributed by atoms with Crippen LogP contribution in [0.3, 0.4) is 0 Å². The summed E-state index contributed by atoms with van der Waals surface area (Å²) in [5, 5.41) is 0. The maximum absolute atomic E-state index is 12.2. The highest BCUT2D eigenvalue weighted by molar-refractivity contribution is 5.70. The summed E-state index contributed by atoms with van der Waals surface area (Å²) in [7, 11) is 0. The number of hydrogen-bond donors (Lipinski definition) is 2. The molecular formula is C13H19N3O4. The second-order valence-electron chi connectivity index (χ2n) is 6.39. The van der Waals surface area contributed by atoms with Gasteiger partial charge in [-0.3, -0.25) is 14.7 Å². The number of carbonyl (C=O) groups excluding carboxylic acids is 1. The van der Waals surface area contributed by atoms with Gasteiger partial charge in [-0.25, -0.2) is 9.59 Å². The predicted molar refractivity (Wildman–Crippen MR) is 72.5 cm³/mol. The van der Waals surface area contributed by atoms with E-state index >= 15 is 0 Å². The van der Waals surface area contributed by atoms with Gasteiger partial charge in [-0.2, -0.15) is 0 Å². The van der Waals surface area contributed by atoms with Crippen LogP contribution in [0, 0.1) is 0 Å². The lowest BCUT2D eigenvalue weighted by Crippen LogP contribution is -2.43. The fourth-order valence-electron chi connectivity index (χ4n) is 2.29. The number of aromatic amines is 2. The molecule has 1 aromatic rings. The van der Waals surface area contributed by atoms with Crippen LogP contribution in [-0.2, 0) is 16.8 Å². The molecule has 0 unspecified atom stereocenters. The van der Waals surface area contributed by atoms with Gasteiger partial charge in [0.25, 0.3) is 5.56 Å². The summed E-state index contributed by atoms with van der Waals surface area (Å²) in [5.74, 6) is 0. The number of amides is 1. The molecule has 0 aliphatic carbocycles. The minimum atomic E-state index is -0.801. The molecule has 0 fully saturated rings. The molecule has 0 atom stereocenters. The van der Waals surface area contributed by atoms with Gasteiger partial charge in [-0.1, -0.05) is 0 Å². The molecule has 0 saturated carbocycles. The first kappa shape index (κ1) is 14.4. The second-order valence-corrected chi connectivity index (χ2v) is 6.39. The van der Waals surface area contributed by atoms with Crippen LogP contribution in [0.1, 0.15) is 45.9 Å². The van der Waals surface area contributed by atoms with Gasteiger partial charge in [0.05, 0.1) is 23.3 Å². The Morgan fingerprint density at radius 1 is 1.25 bits per heavy atom. The molecule has 1 aromatic heterocycles. The summed E-state index contributed by atoms with van der Waals surface area (Å²) in [6.07, 6.45) is -0.515. The van der Waals surface area contributed by atoms with E-state index in [0.29, 0.717) is 11.3 Å². The Morgan fingerprint density at radius 3 is 2.40 bits per heavy atom. The Morgan fingerprint density at radius 2 is 1.85 bits per heavy atom. The zero-order chi connectivity index (χ0) is 15.3. The van der Waals surface area contributed by atoms with Crippen molar-refractivity contribution in [3.8, 4) is 0 Å². The summed E-state index contributed by atoms with van der Waals surface area (Å²) in [5.41, 5.74) is -1.62. The zero-order valence-corrected chi connectivity index (χ0v) is 12.3. The Labute approximate surface area is 116 Å². The van der Waals surface area contributed by atoms with E-state index in [2.05, 4.69) is 9.97 Å². The van der Waals surface area contributed by atoms with Crippen molar-refractivity contribution >= 4 is 6.09 Å². The van der Waals surface area contributed by atoms with Crippen LogP contribution in [0.2, 0.25) is 0 Å². The number of nitrogens with zero attached hydrogens (tertiary/aromatic N) is 1. The molecule has 20 heavy (non-hydrogen) atoms. The minimum absolute atomic E-state index is 0.114. The molecule has 2 N–H and O–H groups in total. The largest absolute Gasteiger partial charge is 0.444 e. The number of hydrogen-bond acceptors (Lipinski definition) is 4. The van der Waals surface area contributed by atoms with Crippen molar-refractivity contribution in [2.24, 2.45) is 0 Å². The van der Waals surface area contributed by atoms with E-state index in [1.54, 1.807) is 34.6 Å².